The number of nitrogens with one attached hydrogen (secondary N) is 1. The molecule has 0 spiro atoms. The van der Waals surface area contributed by atoms with E-state index in [1.807, 2.05) is 0 Å². The standard InChI is InChI=1S/C13H20N2O3S/c1-10-8-11(14)4-5-12(10)19(17,18)15-9-13(16)6-2-3-7-13/h4-5,8,15-16H,2-3,6-7,9,14H2,1H3. The Hall–Kier alpha value is -1.11. The first-order valence-corrected chi connectivity index (χ1v) is 7.89. The van der Waals surface area contributed by atoms with Crippen LogP contribution in [0.5, 0.6) is 0 Å². The van der Waals surface area contributed by atoms with Gasteiger partial charge in [-0.2, -0.15) is 0 Å². The molecule has 1 aromatic carbocycles. The van der Waals surface area contributed by atoms with E-state index in [4.69, 9.17) is 5.73 Å². The van der Waals surface area contributed by atoms with Gasteiger partial charge in [-0.3, -0.25) is 0 Å². The smallest absolute Gasteiger partial charge is 0.240 e. The van der Waals surface area contributed by atoms with E-state index in [-0.39, 0.29) is 11.4 Å². The molecule has 4 N–H and O–H groups in total. The largest absolute Gasteiger partial charge is 0.399 e. The van der Waals surface area contributed by atoms with Gasteiger partial charge >= 0.3 is 0 Å². The zero-order valence-electron chi connectivity index (χ0n) is 11.0. The van der Waals surface area contributed by atoms with Crippen LogP contribution in [0, 0.1) is 6.92 Å². The summed E-state index contributed by atoms with van der Waals surface area (Å²) in [6.07, 6.45) is 3.19. The van der Waals surface area contributed by atoms with Gasteiger partial charge in [-0.15, -0.1) is 0 Å². The molecule has 0 heterocycles. The lowest BCUT2D eigenvalue weighted by Gasteiger charge is -2.22. The van der Waals surface area contributed by atoms with Gasteiger partial charge in [0.05, 0.1) is 10.5 Å². The van der Waals surface area contributed by atoms with E-state index in [0.717, 1.165) is 12.8 Å². The van der Waals surface area contributed by atoms with Crippen LogP contribution in [0.1, 0.15) is 31.2 Å². The van der Waals surface area contributed by atoms with E-state index < -0.39 is 15.6 Å². The number of nitrogen functional groups attached to an aromatic ring is 1. The Balaban J connectivity index is 2.14. The lowest BCUT2D eigenvalue weighted by molar-refractivity contribution is 0.0531. The maximum Gasteiger partial charge on any atom is 0.240 e. The van der Waals surface area contributed by atoms with Gasteiger partial charge in [-0.1, -0.05) is 12.8 Å². The quantitative estimate of drug-likeness (QED) is 0.723. The van der Waals surface area contributed by atoms with Crippen molar-refractivity contribution in [3.05, 3.63) is 23.8 Å². The molecule has 6 heteroatoms. The van der Waals surface area contributed by atoms with E-state index in [9.17, 15) is 13.5 Å². The van der Waals surface area contributed by atoms with Crippen LogP contribution in [0.3, 0.4) is 0 Å². The number of hydrogen-bond donors (Lipinski definition) is 3. The van der Waals surface area contributed by atoms with Gasteiger partial charge in [-0.05, 0) is 43.5 Å². The van der Waals surface area contributed by atoms with Crippen LogP contribution in [0.4, 0.5) is 5.69 Å². The Bertz CT molecular complexity index is 563. The molecule has 0 amide bonds. The van der Waals surface area contributed by atoms with Crippen molar-refractivity contribution in [2.75, 3.05) is 12.3 Å². The van der Waals surface area contributed by atoms with Crippen molar-refractivity contribution in [3.63, 3.8) is 0 Å². The Morgan fingerprint density at radius 3 is 2.58 bits per heavy atom. The van der Waals surface area contributed by atoms with Crippen molar-refractivity contribution in [1.82, 2.24) is 4.72 Å². The van der Waals surface area contributed by atoms with Gasteiger partial charge in [0.15, 0.2) is 0 Å². The molecular formula is C13H20N2O3S. The average Bonchev–Trinajstić information content (AvgIpc) is 2.74. The maximum atomic E-state index is 12.2. The number of nitrogens with two attached hydrogens (primary N) is 1. The van der Waals surface area contributed by atoms with E-state index >= 15 is 0 Å². The highest BCUT2D eigenvalue weighted by atomic mass is 32.2. The molecule has 0 atom stereocenters. The number of rotatable bonds is 4. The summed E-state index contributed by atoms with van der Waals surface area (Å²) in [5.41, 5.74) is 5.85. The highest BCUT2D eigenvalue weighted by Gasteiger charge is 2.32. The second-order valence-electron chi connectivity index (χ2n) is 5.28. The highest BCUT2D eigenvalue weighted by Crippen LogP contribution is 2.29. The number of anilines is 1. The molecule has 1 fully saturated rings. The minimum absolute atomic E-state index is 0.0686. The highest BCUT2D eigenvalue weighted by molar-refractivity contribution is 7.89. The van der Waals surface area contributed by atoms with E-state index in [2.05, 4.69) is 4.72 Å². The second-order valence-corrected chi connectivity index (χ2v) is 7.02. The predicted molar refractivity (Wildman–Crippen MR) is 74.2 cm³/mol. The van der Waals surface area contributed by atoms with Crippen molar-refractivity contribution in [1.29, 1.82) is 0 Å². The van der Waals surface area contributed by atoms with E-state index in [0.29, 0.717) is 24.1 Å². The Kier molecular flexibility index (Phi) is 3.85. The van der Waals surface area contributed by atoms with E-state index in [1.54, 1.807) is 19.1 Å². The summed E-state index contributed by atoms with van der Waals surface area (Å²) in [6, 6.07) is 4.68. The molecule has 106 valence electrons. The third-order valence-electron chi connectivity index (χ3n) is 3.61. The molecule has 0 unspecified atom stereocenters. The predicted octanol–water partition coefficient (Wildman–Crippen LogP) is 1.16. The SMILES string of the molecule is Cc1cc(N)ccc1S(=O)(=O)NCC1(O)CCCC1. The molecule has 1 saturated carbocycles. The number of benzene rings is 1. The summed E-state index contributed by atoms with van der Waals surface area (Å²) in [4.78, 5) is 0.211. The minimum Gasteiger partial charge on any atom is -0.399 e. The van der Waals surface area contributed by atoms with E-state index in [1.165, 1.54) is 6.07 Å². The number of hydrogen-bond acceptors (Lipinski definition) is 4. The summed E-state index contributed by atoms with van der Waals surface area (Å²) in [6.45, 7) is 1.77. The van der Waals surface area contributed by atoms with Crippen LogP contribution < -0.4 is 10.5 Å². The third-order valence-corrected chi connectivity index (χ3v) is 5.18. The number of aliphatic hydroxyl groups is 1. The molecule has 2 rings (SSSR count). The third kappa shape index (κ3) is 3.26. The average molecular weight is 284 g/mol. The molecule has 1 aromatic rings. The van der Waals surface area contributed by atoms with Gasteiger partial charge in [0.1, 0.15) is 0 Å². The Morgan fingerprint density at radius 1 is 1.37 bits per heavy atom. The van der Waals surface area contributed by atoms with Crippen molar-refractivity contribution < 1.29 is 13.5 Å². The topological polar surface area (TPSA) is 92.4 Å². The summed E-state index contributed by atoms with van der Waals surface area (Å²) in [5.74, 6) is 0. The number of aryl methyl sites for hydroxylation is 1. The summed E-state index contributed by atoms with van der Waals surface area (Å²) >= 11 is 0. The zero-order chi connectivity index (χ0) is 14.1. The van der Waals surface area contributed by atoms with Gasteiger partial charge in [0.2, 0.25) is 10.0 Å². The summed E-state index contributed by atoms with van der Waals surface area (Å²) in [5, 5.41) is 10.2. The fraction of sp³-hybridized carbons (Fsp3) is 0.538. The zero-order valence-corrected chi connectivity index (χ0v) is 11.8. The first-order valence-electron chi connectivity index (χ1n) is 6.41. The second kappa shape index (κ2) is 5.11. The van der Waals surface area contributed by atoms with Crippen molar-refractivity contribution >= 4 is 15.7 Å². The van der Waals surface area contributed by atoms with Crippen LogP contribution in [-0.4, -0.2) is 25.7 Å². The first kappa shape index (κ1) is 14.3. The van der Waals surface area contributed by atoms with Gasteiger partial charge in [0, 0.05) is 12.2 Å². The van der Waals surface area contributed by atoms with Crippen LogP contribution in [0.2, 0.25) is 0 Å². The van der Waals surface area contributed by atoms with Crippen LogP contribution in [-0.2, 0) is 10.0 Å². The van der Waals surface area contributed by atoms with Crippen molar-refractivity contribution in [2.45, 2.75) is 43.1 Å². The first-order chi connectivity index (χ1) is 8.82. The van der Waals surface area contributed by atoms with Gasteiger partial charge < -0.3 is 10.8 Å². The fourth-order valence-corrected chi connectivity index (χ4v) is 3.84. The lowest BCUT2D eigenvalue weighted by atomic mass is 10.0. The molecule has 0 radical (unpaired) electrons. The maximum absolute atomic E-state index is 12.2. The van der Waals surface area contributed by atoms with Crippen LogP contribution >= 0.6 is 0 Å². The molecule has 19 heavy (non-hydrogen) atoms. The summed E-state index contributed by atoms with van der Waals surface area (Å²) in [7, 11) is -3.60. The molecule has 0 aromatic heterocycles. The molecule has 1 aliphatic rings. The lowest BCUT2D eigenvalue weighted by Crippen LogP contribution is -2.40. The van der Waals surface area contributed by atoms with Crippen molar-refractivity contribution in [2.24, 2.45) is 0 Å². The van der Waals surface area contributed by atoms with Gasteiger partial charge in [0.25, 0.3) is 0 Å². The van der Waals surface area contributed by atoms with Crippen LogP contribution in [0.25, 0.3) is 0 Å². The van der Waals surface area contributed by atoms with Crippen LogP contribution in [0.15, 0.2) is 23.1 Å². The molecule has 0 aliphatic heterocycles. The summed E-state index contributed by atoms with van der Waals surface area (Å²) < 4.78 is 26.9. The monoisotopic (exact) mass is 284 g/mol. The molecule has 1 aliphatic carbocycles. The molecule has 0 saturated heterocycles. The fourth-order valence-electron chi connectivity index (χ4n) is 2.49. The molecule has 5 nitrogen and oxygen atoms in total. The minimum atomic E-state index is -3.60. The Labute approximate surface area is 113 Å². The van der Waals surface area contributed by atoms with Crippen molar-refractivity contribution in [3.8, 4) is 0 Å². The Morgan fingerprint density at radius 2 is 2.00 bits per heavy atom. The molecule has 0 bridgehead atoms. The molecular weight excluding hydrogens is 264 g/mol. The van der Waals surface area contributed by atoms with Gasteiger partial charge in [-0.25, -0.2) is 13.1 Å². The normalized spacial score (nSPS) is 18.6. The number of sulfonamides is 1.